The lowest BCUT2D eigenvalue weighted by Gasteiger charge is -2.62. The summed E-state index contributed by atoms with van der Waals surface area (Å²) in [6.45, 7) is 13.5. The Balaban J connectivity index is 1.98. The van der Waals surface area contributed by atoms with Crippen LogP contribution in [0.25, 0.3) is 0 Å². The molecule has 1 unspecified atom stereocenters. The van der Waals surface area contributed by atoms with Crippen LogP contribution in [0.1, 0.15) is 66.7 Å². The van der Waals surface area contributed by atoms with Crippen molar-refractivity contribution in [3.63, 3.8) is 0 Å². The van der Waals surface area contributed by atoms with Gasteiger partial charge in [0.1, 0.15) is 0 Å². The number of hydrogen-bond donors (Lipinski definition) is 0. The molecule has 3 aliphatic rings. The molecule has 18 heavy (non-hydrogen) atoms. The van der Waals surface area contributed by atoms with Crippen molar-refractivity contribution in [2.24, 2.45) is 28.6 Å². The molecule has 1 nitrogen and oxygen atoms in total. The van der Waals surface area contributed by atoms with Crippen LogP contribution in [0, 0.1) is 28.6 Å². The summed E-state index contributed by atoms with van der Waals surface area (Å²) in [6, 6.07) is 0. The molecule has 0 spiro atoms. The van der Waals surface area contributed by atoms with Gasteiger partial charge >= 0.3 is 0 Å². The lowest BCUT2D eigenvalue weighted by Crippen LogP contribution is -2.57. The van der Waals surface area contributed by atoms with Gasteiger partial charge in [0, 0.05) is 6.61 Å². The molecule has 104 valence electrons. The Morgan fingerprint density at radius 3 is 2.33 bits per heavy atom. The van der Waals surface area contributed by atoms with Gasteiger partial charge in [-0.2, -0.15) is 0 Å². The fraction of sp³-hybridized carbons (Fsp3) is 1.00. The highest BCUT2D eigenvalue weighted by Gasteiger charge is 2.61. The number of fused-ring (bicyclic) bond motifs is 3. The van der Waals surface area contributed by atoms with Crippen molar-refractivity contribution in [2.75, 3.05) is 6.61 Å². The van der Waals surface area contributed by atoms with E-state index in [9.17, 15) is 0 Å². The maximum absolute atomic E-state index is 6.15. The molecule has 1 heteroatoms. The summed E-state index contributed by atoms with van der Waals surface area (Å²) in [5.41, 5.74) is 1.23. The van der Waals surface area contributed by atoms with Gasteiger partial charge in [0.2, 0.25) is 0 Å². The van der Waals surface area contributed by atoms with Crippen molar-refractivity contribution in [3.8, 4) is 0 Å². The van der Waals surface area contributed by atoms with Gasteiger partial charge in [0.15, 0.2) is 0 Å². The van der Waals surface area contributed by atoms with Crippen molar-refractivity contribution in [1.29, 1.82) is 0 Å². The maximum atomic E-state index is 6.15. The summed E-state index contributed by atoms with van der Waals surface area (Å²) in [5, 5.41) is 0. The summed E-state index contributed by atoms with van der Waals surface area (Å²) in [7, 11) is 0. The molecular weight excluding hydrogens is 220 g/mol. The van der Waals surface area contributed by atoms with E-state index in [-0.39, 0.29) is 5.60 Å². The molecule has 1 saturated heterocycles. The molecule has 0 bridgehead atoms. The molecule has 2 aliphatic carbocycles. The highest BCUT2D eigenvalue weighted by molar-refractivity contribution is 5.10. The second-order valence-electron chi connectivity index (χ2n) is 8.36. The summed E-state index contributed by atoms with van der Waals surface area (Å²) >= 11 is 0. The monoisotopic (exact) mass is 250 g/mol. The summed E-state index contributed by atoms with van der Waals surface area (Å²) in [6.07, 6.45) is 6.79. The molecule has 0 aromatic rings. The van der Waals surface area contributed by atoms with Crippen LogP contribution in [0.4, 0.5) is 0 Å². The Hall–Kier alpha value is -0.0400. The Morgan fingerprint density at radius 2 is 1.61 bits per heavy atom. The van der Waals surface area contributed by atoms with Crippen LogP contribution in [0.3, 0.4) is 0 Å². The number of hydrogen-bond acceptors (Lipinski definition) is 1. The molecule has 0 aromatic carbocycles. The molecule has 3 fully saturated rings. The topological polar surface area (TPSA) is 9.23 Å². The van der Waals surface area contributed by atoms with Crippen LogP contribution in [0.15, 0.2) is 0 Å². The summed E-state index contributed by atoms with van der Waals surface area (Å²) in [5.74, 6) is 2.58. The summed E-state index contributed by atoms with van der Waals surface area (Å²) < 4.78 is 6.15. The first-order valence-electron chi connectivity index (χ1n) is 7.95. The van der Waals surface area contributed by atoms with E-state index >= 15 is 0 Å². The van der Waals surface area contributed by atoms with Crippen molar-refractivity contribution in [3.05, 3.63) is 0 Å². The Morgan fingerprint density at radius 1 is 0.889 bits per heavy atom. The fourth-order valence-electron chi connectivity index (χ4n) is 5.91. The largest absolute Gasteiger partial charge is 0.375 e. The van der Waals surface area contributed by atoms with E-state index < -0.39 is 0 Å². The predicted octanol–water partition coefficient (Wildman–Crippen LogP) is 4.65. The van der Waals surface area contributed by atoms with Gasteiger partial charge in [-0.1, -0.05) is 27.7 Å². The van der Waals surface area contributed by atoms with Crippen molar-refractivity contribution < 1.29 is 4.74 Å². The first-order valence-corrected chi connectivity index (χ1v) is 7.95. The Kier molecular flexibility index (Phi) is 2.70. The quantitative estimate of drug-likeness (QED) is 0.608. The number of ether oxygens (including phenoxy) is 1. The second kappa shape index (κ2) is 3.75. The highest BCUT2D eigenvalue weighted by atomic mass is 16.5. The molecule has 5 atom stereocenters. The van der Waals surface area contributed by atoms with E-state index in [0.717, 1.165) is 24.4 Å². The van der Waals surface area contributed by atoms with Crippen molar-refractivity contribution >= 4 is 0 Å². The molecule has 0 amide bonds. The van der Waals surface area contributed by atoms with Crippen LogP contribution in [0.2, 0.25) is 0 Å². The molecule has 0 N–H and O–H groups in total. The molecule has 2 saturated carbocycles. The minimum atomic E-state index is 0.196. The zero-order valence-corrected chi connectivity index (χ0v) is 12.9. The molecule has 0 radical (unpaired) electrons. The average molecular weight is 250 g/mol. The van der Waals surface area contributed by atoms with Gasteiger partial charge in [-0.15, -0.1) is 0 Å². The lowest BCUT2D eigenvalue weighted by atomic mass is 9.43. The minimum absolute atomic E-state index is 0.196. The smallest absolute Gasteiger partial charge is 0.0688 e. The lowest BCUT2D eigenvalue weighted by molar-refractivity contribution is -0.161. The first kappa shape index (κ1) is 13.0. The molecule has 3 rings (SSSR count). The van der Waals surface area contributed by atoms with Crippen LogP contribution in [-0.2, 0) is 4.74 Å². The third-order valence-corrected chi connectivity index (χ3v) is 7.38. The van der Waals surface area contributed by atoms with Crippen LogP contribution >= 0.6 is 0 Å². The second-order valence-corrected chi connectivity index (χ2v) is 8.36. The maximum Gasteiger partial charge on any atom is 0.0688 e. The van der Waals surface area contributed by atoms with E-state index in [2.05, 4.69) is 34.6 Å². The van der Waals surface area contributed by atoms with Gasteiger partial charge in [0.05, 0.1) is 5.60 Å². The zero-order chi connectivity index (χ0) is 13.2. The van der Waals surface area contributed by atoms with Crippen LogP contribution < -0.4 is 0 Å². The van der Waals surface area contributed by atoms with Gasteiger partial charge in [-0.05, 0) is 67.6 Å². The van der Waals surface area contributed by atoms with Crippen molar-refractivity contribution in [1.82, 2.24) is 0 Å². The van der Waals surface area contributed by atoms with E-state index in [1.807, 2.05) is 0 Å². The Bertz CT molecular complexity index is 348. The normalized spacial score (nSPS) is 54.8. The van der Waals surface area contributed by atoms with Crippen LogP contribution in [-0.4, -0.2) is 12.2 Å². The standard InChI is InChI=1S/C17H30O/c1-12-6-9-16(4)13(15(12,2)3)7-10-17(5)14(16)8-11-18-17/h12-14H,6-11H2,1-5H3/t12-,13-,14?,16+,17-/m0/s1. The van der Waals surface area contributed by atoms with E-state index in [4.69, 9.17) is 4.74 Å². The highest BCUT2D eigenvalue weighted by Crippen LogP contribution is 2.65. The molecular formula is C17H30O. The van der Waals surface area contributed by atoms with Gasteiger partial charge in [-0.3, -0.25) is 0 Å². The molecule has 1 heterocycles. The fourth-order valence-corrected chi connectivity index (χ4v) is 5.91. The predicted molar refractivity (Wildman–Crippen MR) is 75.5 cm³/mol. The van der Waals surface area contributed by atoms with Gasteiger partial charge in [-0.25, -0.2) is 0 Å². The van der Waals surface area contributed by atoms with Crippen molar-refractivity contribution in [2.45, 2.75) is 72.3 Å². The SMILES string of the molecule is C[C@H]1CC[C@@]2(C)C3CCO[C@@]3(C)CC[C@H]2C1(C)C. The van der Waals surface area contributed by atoms with Crippen LogP contribution in [0.5, 0.6) is 0 Å². The minimum Gasteiger partial charge on any atom is -0.375 e. The third-order valence-electron chi connectivity index (χ3n) is 7.38. The van der Waals surface area contributed by atoms with Gasteiger partial charge < -0.3 is 4.74 Å². The van der Waals surface area contributed by atoms with E-state index in [0.29, 0.717) is 10.8 Å². The molecule has 0 aromatic heterocycles. The van der Waals surface area contributed by atoms with E-state index in [1.165, 1.54) is 32.1 Å². The van der Waals surface area contributed by atoms with E-state index in [1.54, 1.807) is 0 Å². The average Bonchev–Trinajstić information content (AvgIpc) is 2.68. The molecule has 1 aliphatic heterocycles. The third kappa shape index (κ3) is 1.49. The Labute approximate surface area is 113 Å². The number of rotatable bonds is 0. The summed E-state index contributed by atoms with van der Waals surface area (Å²) in [4.78, 5) is 0. The zero-order valence-electron chi connectivity index (χ0n) is 12.9. The first-order chi connectivity index (χ1) is 8.31. The van der Waals surface area contributed by atoms with Gasteiger partial charge in [0.25, 0.3) is 0 Å².